The highest BCUT2D eigenvalue weighted by Gasteiger charge is 2.55. The van der Waals surface area contributed by atoms with Crippen molar-refractivity contribution in [2.75, 3.05) is 6.58 Å². The Morgan fingerprint density at radius 2 is 2.10 bits per heavy atom. The van der Waals surface area contributed by atoms with Gasteiger partial charge in [-0.1, -0.05) is 30.3 Å². The molecule has 0 radical (unpaired) electrons. The highest BCUT2D eigenvalue weighted by molar-refractivity contribution is 5.13. The molecule has 1 aromatic rings. The van der Waals surface area contributed by atoms with Crippen molar-refractivity contribution in [3.63, 3.8) is 0 Å². The van der Waals surface area contributed by atoms with Crippen molar-refractivity contribution in [1.29, 1.82) is 0 Å². The molecule has 5 atom stereocenters. The van der Waals surface area contributed by atoms with E-state index < -0.39 is 36.9 Å². The minimum Gasteiger partial charge on any atom is -0.394 e. The van der Waals surface area contributed by atoms with Crippen LogP contribution < -0.4 is 0 Å². The zero-order chi connectivity index (χ0) is 16.9. The molecular formula is C15H20O5. The first-order chi connectivity index (χ1) is 10.7. The first kappa shape index (κ1) is 10.7. The molecule has 0 amide bonds. The molecule has 0 spiro atoms. The normalized spacial score (nSPS) is 46.2. The molecule has 5 heteroatoms. The number of fused-ring (bicyclic) bond motifs is 1. The molecule has 5 nitrogen and oxygen atoms in total. The number of ether oxygens (including phenoxy) is 4. The Balaban J connectivity index is 1.87. The summed E-state index contributed by atoms with van der Waals surface area (Å²) in [7, 11) is 0. The van der Waals surface area contributed by atoms with Crippen molar-refractivity contribution in [1.82, 2.24) is 0 Å². The zero-order valence-electron chi connectivity index (χ0n) is 14.4. The third kappa shape index (κ3) is 2.73. The largest absolute Gasteiger partial charge is 0.394 e. The molecule has 0 aromatic heterocycles. The molecule has 0 bridgehead atoms. The van der Waals surface area contributed by atoms with Gasteiger partial charge in [-0.15, -0.1) is 0 Å². The van der Waals surface area contributed by atoms with Gasteiger partial charge in [0.2, 0.25) is 0 Å². The fraction of sp³-hybridized carbons (Fsp3) is 0.600. The van der Waals surface area contributed by atoms with Gasteiger partial charge < -0.3 is 24.1 Å². The van der Waals surface area contributed by atoms with Crippen LogP contribution in [0, 0.1) is 0 Å². The summed E-state index contributed by atoms with van der Waals surface area (Å²) in [6.07, 6.45) is -6.54. The number of rotatable bonds is 4. The summed E-state index contributed by atoms with van der Waals surface area (Å²) in [5, 5.41) is 9.67. The van der Waals surface area contributed by atoms with Crippen LogP contribution in [0.5, 0.6) is 0 Å². The Labute approximate surface area is 122 Å². The molecule has 2 heterocycles. The van der Waals surface area contributed by atoms with Gasteiger partial charge in [0.05, 0.1) is 17.3 Å². The Kier molecular flexibility index (Phi) is 2.90. The lowest BCUT2D eigenvalue weighted by Gasteiger charge is -2.25. The topological polar surface area (TPSA) is 57.2 Å². The van der Waals surface area contributed by atoms with Gasteiger partial charge in [0.1, 0.15) is 18.3 Å². The Morgan fingerprint density at radius 3 is 2.80 bits per heavy atom. The number of benzene rings is 1. The molecule has 1 aromatic carbocycles. The van der Waals surface area contributed by atoms with E-state index in [0.717, 1.165) is 5.56 Å². The highest BCUT2D eigenvalue weighted by atomic mass is 16.8. The summed E-state index contributed by atoms with van der Waals surface area (Å²) in [6, 6.07) is 9.14. The summed E-state index contributed by atoms with van der Waals surface area (Å²) in [4.78, 5) is 0. The van der Waals surface area contributed by atoms with E-state index in [1.807, 2.05) is 30.3 Å². The molecule has 20 heavy (non-hydrogen) atoms. The number of aliphatic hydroxyl groups excluding tert-OH is 1. The second-order valence-corrected chi connectivity index (χ2v) is 5.17. The van der Waals surface area contributed by atoms with Gasteiger partial charge >= 0.3 is 0 Å². The lowest BCUT2D eigenvalue weighted by Crippen LogP contribution is -2.38. The number of hydrogen-bond donors (Lipinski definition) is 1. The molecule has 2 saturated heterocycles. The monoisotopic (exact) mass is 283 g/mol. The third-order valence-corrected chi connectivity index (χ3v) is 3.16. The minimum atomic E-state index is -2.34. The molecule has 2 aliphatic heterocycles. The van der Waals surface area contributed by atoms with Crippen LogP contribution in [0.1, 0.15) is 23.5 Å². The first-order valence-corrected chi connectivity index (χ1v) is 6.50. The van der Waals surface area contributed by atoms with Crippen molar-refractivity contribution in [3.8, 4) is 0 Å². The Morgan fingerprint density at radius 1 is 1.35 bits per heavy atom. The third-order valence-electron chi connectivity index (χ3n) is 3.16. The Bertz CT molecular complexity index is 569. The van der Waals surface area contributed by atoms with E-state index in [-0.39, 0.29) is 6.61 Å². The van der Waals surface area contributed by atoms with Crippen molar-refractivity contribution in [3.05, 3.63) is 35.9 Å². The van der Waals surface area contributed by atoms with E-state index >= 15 is 0 Å². The summed E-state index contributed by atoms with van der Waals surface area (Å²) in [6.45, 7) is 1.34. The molecule has 2 fully saturated rings. The van der Waals surface area contributed by atoms with Crippen molar-refractivity contribution >= 4 is 0 Å². The summed E-state index contributed by atoms with van der Waals surface area (Å²) >= 11 is 0. The minimum absolute atomic E-state index is 0.0219. The van der Waals surface area contributed by atoms with Crippen LogP contribution in [0.4, 0.5) is 0 Å². The van der Waals surface area contributed by atoms with E-state index in [0.29, 0.717) is 0 Å². The van der Waals surface area contributed by atoms with Gasteiger partial charge in [0.25, 0.3) is 0 Å². The summed E-state index contributed by atoms with van der Waals surface area (Å²) in [5.41, 5.74) is 0.794. The SMILES string of the molecule is [2H]C(O)[C@@]1([2H])O[C@@H]2OC(C)(C)O[C@@H]2[C@]1([2H])OCc1ccccc1. The average molecular weight is 283 g/mol. The maximum absolute atomic E-state index is 9.67. The molecule has 3 rings (SSSR count). The Hall–Kier alpha value is -0.980. The molecule has 0 aliphatic carbocycles. The second-order valence-electron chi connectivity index (χ2n) is 5.17. The molecule has 1 unspecified atom stereocenters. The van der Waals surface area contributed by atoms with E-state index in [1.165, 1.54) is 0 Å². The van der Waals surface area contributed by atoms with Crippen LogP contribution in [-0.2, 0) is 25.6 Å². The molecule has 1 N–H and O–H groups in total. The van der Waals surface area contributed by atoms with Gasteiger partial charge in [-0.2, -0.15) is 0 Å². The highest BCUT2D eigenvalue weighted by Crippen LogP contribution is 2.38. The number of aliphatic hydroxyl groups is 1. The maximum atomic E-state index is 9.67. The van der Waals surface area contributed by atoms with Crippen LogP contribution in [0.3, 0.4) is 0 Å². The van der Waals surface area contributed by atoms with Crippen LogP contribution in [0.15, 0.2) is 30.3 Å². The standard InChI is InChI=1S/C15H20O5/c1-15(2)19-13-12(11(8-16)18-14(13)20-15)17-9-10-6-4-3-5-7-10/h3-7,11-14,16H,8-9H2,1-2H3/t11-,12-,13-,14-/m1/s1/i8D,11D,12D/t8?,11-,12-,13-,14-. The van der Waals surface area contributed by atoms with Gasteiger partial charge in [0.15, 0.2) is 12.1 Å². The fourth-order valence-electron chi connectivity index (χ4n) is 2.30. The van der Waals surface area contributed by atoms with Crippen LogP contribution in [0.25, 0.3) is 0 Å². The van der Waals surface area contributed by atoms with E-state index in [1.54, 1.807) is 13.8 Å². The van der Waals surface area contributed by atoms with E-state index in [2.05, 4.69) is 0 Å². The summed E-state index contributed by atoms with van der Waals surface area (Å²) < 4.78 is 46.5. The summed E-state index contributed by atoms with van der Waals surface area (Å²) in [5.74, 6) is -0.994. The number of hydrogen-bond acceptors (Lipinski definition) is 5. The average Bonchev–Trinajstić information content (AvgIpc) is 2.89. The predicted octanol–water partition coefficient (Wildman–Crippen LogP) is 1.44. The first-order valence-electron chi connectivity index (χ1n) is 8.07. The predicted molar refractivity (Wildman–Crippen MR) is 70.8 cm³/mol. The van der Waals surface area contributed by atoms with Gasteiger partial charge in [-0.05, 0) is 19.4 Å². The fourth-order valence-corrected chi connectivity index (χ4v) is 2.30. The van der Waals surface area contributed by atoms with Crippen molar-refractivity contribution < 1.29 is 28.2 Å². The van der Waals surface area contributed by atoms with Crippen molar-refractivity contribution in [2.45, 2.75) is 50.8 Å². The van der Waals surface area contributed by atoms with Crippen molar-refractivity contribution in [2.24, 2.45) is 0 Å². The maximum Gasteiger partial charge on any atom is 0.190 e. The van der Waals surface area contributed by atoms with Crippen LogP contribution in [0.2, 0.25) is 0 Å². The van der Waals surface area contributed by atoms with Crippen LogP contribution in [-0.4, -0.2) is 42.0 Å². The zero-order valence-corrected chi connectivity index (χ0v) is 11.4. The van der Waals surface area contributed by atoms with Gasteiger partial charge in [-0.3, -0.25) is 0 Å². The molecular weight excluding hydrogens is 260 g/mol. The molecule has 2 aliphatic rings. The quantitative estimate of drug-likeness (QED) is 0.906. The molecule has 110 valence electrons. The molecule has 0 saturated carbocycles. The second kappa shape index (κ2) is 5.42. The van der Waals surface area contributed by atoms with Gasteiger partial charge in [-0.25, -0.2) is 0 Å². The van der Waals surface area contributed by atoms with E-state index in [4.69, 9.17) is 23.1 Å². The van der Waals surface area contributed by atoms with Crippen LogP contribution >= 0.6 is 0 Å². The smallest absolute Gasteiger partial charge is 0.190 e. The lowest BCUT2D eigenvalue weighted by atomic mass is 10.1. The van der Waals surface area contributed by atoms with E-state index in [9.17, 15) is 5.11 Å². The lowest BCUT2D eigenvalue weighted by molar-refractivity contribution is -0.222. The van der Waals surface area contributed by atoms with Gasteiger partial charge in [0, 0.05) is 0 Å².